The van der Waals surface area contributed by atoms with Gasteiger partial charge in [-0.3, -0.25) is 9.59 Å². The summed E-state index contributed by atoms with van der Waals surface area (Å²) in [5.41, 5.74) is 0.949. The van der Waals surface area contributed by atoms with E-state index >= 15 is 0 Å². The molecule has 1 heterocycles. The quantitative estimate of drug-likeness (QED) is 0.741. The minimum atomic E-state index is -0.485. The Morgan fingerprint density at radius 3 is 2.25 bits per heavy atom. The SMILES string of the molecule is CCC(CC(=O)N[C@H](CC(C)C)C(=O)N1CCN(C)CC1)c1ccc(F)cc1. The first-order valence-electron chi connectivity index (χ1n) is 10.3. The molecule has 0 aromatic heterocycles. The van der Waals surface area contributed by atoms with Crippen LogP contribution in [0.25, 0.3) is 0 Å². The molecule has 2 amide bonds. The lowest BCUT2D eigenvalue weighted by atomic mass is 9.92. The molecule has 2 rings (SSSR count). The Bertz CT molecular complexity index is 640. The third-order valence-electron chi connectivity index (χ3n) is 5.42. The summed E-state index contributed by atoms with van der Waals surface area (Å²) in [5, 5.41) is 2.98. The van der Waals surface area contributed by atoms with E-state index in [1.807, 2.05) is 11.8 Å². The van der Waals surface area contributed by atoms with E-state index in [0.717, 1.165) is 25.1 Å². The van der Waals surface area contributed by atoms with E-state index in [9.17, 15) is 14.0 Å². The van der Waals surface area contributed by atoms with Crippen LogP contribution >= 0.6 is 0 Å². The molecule has 0 bridgehead atoms. The standard InChI is InChI=1S/C22H34FN3O2/c1-5-17(18-6-8-19(23)9-7-18)15-21(27)24-20(14-16(2)3)22(28)26-12-10-25(4)11-13-26/h6-9,16-17,20H,5,10-15H2,1-4H3,(H,24,27)/t17?,20-/m1/s1. The molecule has 1 aliphatic rings. The number of nitrogens with zero attached hydrogens (tertiary/aromatic N) is 2. The Labute approximate surface area is 168 Å². The molecule has 0 spiro atoms. The van der Waals surface area contributed by atoms with Gasteiger partial charge in [0, 0.05) is 32.6 Å². The van der Waals surface area contributed by atoms with Crippen molar-refractivity contribution in [3.63, 3.8) is 0 Å². The third-order valence-corrected chi connectivity index (χ3v) is 5.42. The number of halogens is 1. The van der Waals surface area contributed by atoms with E-state index in [-0.39, 0.29) is 23.5 Å². The lowest BCUT2D eigenvalue weighted by Crippen LogP contribution is -2.54. The highest BCUT2D eigenvalue weighted by molar-refractivity contribution is 5.88. The maximum absolute atomic E-state index is 13.2. The molecule has 1 aliphatic heterocycles. The lowest BCUT2D eigenvalue weighted by Gasteiger charge is -2.35. The summed E-state index contributed by atoms with van der Waals surface area (Å²) < 4.78 is 13.2. The van der Waals surface area contributed by atoms with Gasteiger partial charge in [-0.25, -0.2) is 4.39 Å². The minimum absolute atomic E-state index is 0.0130. The van der Waals surface area contributed by atoms with Gasteiger partial charge in [-0.1, -0.05) is 32.9 Å². The fourth-order valence-electron chi connectivity index (χ4n) is 3.65. The average Bonchev–Trinajstić information content (AvgIpc) is 2.66. The van der Waals surface area contributed by atoms with Gasteiger partial charge >= 0.3 is 0 Å². The van der Waals surface area contributed by atoms with Crippen molar-refractivity contribution in [2.45, 2.75) is 52.0 Å². The maximum Gasteiger partial charge on any atom is 0.245 e. The second kappa shape index (κ2) is 10.6. The highest BCUT2D eigenvalue weighted by Crippen LogP contribution is 2.23. The van der Waals surface area contributed by atoms with Crippen molar-refractivity contribution >= 4 is 11.8 Å². The second-order valence-corrected chi connectivity index (χ2v) is 8.24. The van der Waals surface area contributed by atoms with Crippen LogP contribution in [0.15, 0.2) is 24.3 Å². The molecule has 0 aliphatic carbocycles. The van der Waals surface area contributed by atoms with Crippen LogP contribution in [0.5, 0.6) is 0 Å². The van der Waals surface area contributed by atoms with Crippen LogP contribution in [0.3, 0.4) is 0 Å². The van der Waals surface area contributed by atoms with E-state index in [0.29, 0.717) is 31.8 Å². The molecular weight excluding hydrogens is 357 g/mol. The average molecular weight is 392 g/mol. The number of likely N-dealkylation sites (N-methyl/N-ethyl adjacent to an activating group) is 1. The van der Waals surface area contributed by atoms with Crippen LogP contribution in [-0.4, -0.2) is 60.9 Å². The molecule has 1 aromatic carbocycles. The van der Waals surface area contributed by atoms with Crippen molar-refractivity contribution in [2.24, 2.45) is 5.92 Å². The van der Waals surface area contributed by atoms with Crippen LogP contribution in [0.4, 0.5) is 4.39 Å². The third kappa shape index (κ3) is 6.59. The number of benzene rings is 1. The fourth-order valence-corrected chi connectivity index (χ4v) is 3.65. The van der Waals surface area contributed by atoms with Crippen molar-refractivity contribution in [3.8, 4) is 0 Å². The zero-order chi connectivity index (χ0) is 20.7. The summed E-state index contributed by atoms with van der Waals surface area (Å²) in [7, 11) is 2.05. The summed E-state index contributed by atoms with van der Waals surface area (Å²) >= 11 is 0. The minimum Gasteiger partial charge on any atom is -0.344 e. The first kappa shape index (κ1) is 22.3. The largest absolute Gasteiger partial charge is 0.344 e. The van der Waals surface area contributed by atoms with Crippen molar-refractivity contribution < 1.29 is 14.0 Å². The van der Waals surface area contributed by atoms with Gasteiger partial charge in [-0.2, -0.15) is 0 Å². The number of carbonyl (C=O) groups excluding carboxylic acids is 2. The molecule has 28 heavy (non-hydrogen) atoms. The van der Waals surface area contributed by atoms with E-state index < -0.39 is 6.04 Å². The predicted molar refractivity (Wildman–Crippen MR) is 110 cm³/mol. The molecule has 0 saturated carbocycles. The van der Waals surface area contributed by atoms with Gasteiger partial charge < -0.3 is 15.1 Å². The summed E-state index contributed by atoms with van der Waals surface area (Å²) in [6, 6.07) is 5.83. The molecule has 6 heteroatoms. The van der Waals surface area contributed by atoms with E-state index in [1.54, 1.807) is 12.1 Å². The molecule has 1 saturated heterocycles. The number of piperazine rings is 1. The molecule has 5 nitrogen and oxygen atoms in total. The predicted octanol–water partition coefficient (Wildman–Crippen LogP) is 3.01. The lowest BCUT2D eigenvalue weighted by molar-refractivity contribution is -0.138. The molecule has 1 fully saturated rings. The Balaban J connectivity index is 2.00. The fraction of sp³-hybridized carbons (Fsp3) is 0.636. The number of rotatable bonds is 8. The highest BCUT2D eigenvalue weighted by Gasteiger charge is 2.29. The van der Waals surface area contributed by atoms with Crippen LogP contribution in [-0.2, 0) is 9.59 Å². The van der Waals surface area contributed by atoms with Gasteiger partial charge in [0.05, 0.1) is 0 Å². The number of hydrogen-bond donors (Lipinski definition) is 1. The molecule has 1 unspecified atom stereocenters. The summed E-state index contributed by atoms with van der Waals surface area (Å²) in [6.45, 7) is 9.25. The topological polar surface area (TPSA) is 52.7 Å². The first-order chi connectivity index (χ1) is 13.3. The maximum atomic E-state index is 13.2. The van der Waals surface area contributed by atoms with Crippen molar-refractivity contribution in [1.29, 1.82) is 0 Å². The molecule has 1 N–H and O–H groups in total. The Morgan fingerprint density at radius 1 is 1.11 bits per heavy atom. The summed E-state index contributed by atoms with van der Waals surface area (Å²) in [5.74, 6) is -0.0630. The molecule has 1 aromatic rings. The molecule has 156 valence electrons. The monoisotopic (exact) mass is 391 g/mol. The summed E-state index contributed by atoms with van der Waals surface area (Å²) in [6.07, 6.45) is 1.71. The zero-order valence-electron chi connectivity index (χ0n) is 17.6. The van der Waals surface area contributed by atoms with Crippen LogP contribution < -0.4 is 5.32 Å². The zero-order valence-corrected chi connectivity index (χ0v) is 17.6. The van der Waals surface area contributed by atoms with Gasteiger partial charge in [-0.05, 0) is 49.4 Å². The number of hydrogen-bond acceptors (Lipinski definition) is 3. The van der Waals surface area contributed by atoms with Crippen LogP contribution in [0, 0.1) is 11.7 Å². The molecular formula is C22H34FN3O2. The Morgan fingerprint density at radius 2 is 1.71 bits per heavy atom. The van der Waals surface area contributed by atoms with Gasteiger partial charge in [-0.15, -0.1) is 0 Å². The first-order valence-corrected chi connectivity index (χ1v) is 10.3. The van der Waals surface area contributed by atoms with Gasteiger partial charge in [0.2, 0.25) is 11.8 Å². The molecule has 2 atom stereocenters. The molecule has 0 radical (unpaired) electrons. The highest BCUT2D eigenvalue weighted by atomic mass is 19.1. The van der Waals surface area contributed by atoms with Crippen LogP contribution in [0.2, 0.25) is 0 Å². The van der Waals surface area contributed by atoms with Crippen LogP contribution in [0.1, 0.15) is 51.5 Å². The van der Waals surface area contributed by atoms with E-state index in [2.05, 4.69) is 31.1 Å². The normalized spacial score (nSPS) is 17.4. The summed E-state index contributed by atoms with van der Waals surface area (Å²) in [4.78, 5) is 29.8. The van der Waals surface area contributed by atoms with Gasteiger partial charge in [0.15, 0.2) is 0 Å². The van der Waals surface area contributed by atoms with Crippen molar-refractivity contribution in [1.82, 2.24) is 15.1 Å². The smallest absolute Gasteiger partial charge is 0.245 e. The number of nitrogens with one attached hydrogen (secondary N) is 1. The number of carbonyl (C=O) groups is 2. The van der Waals surface area contributed by atoms with Gasteiger partial charge in [0.1, 0.15) is 11.9 Å². The number of amides is 2. The van der Waals surface area contributed by atoms with E-state index in [1.165, 1.54) is 12.1 Å². The Kier molecular flexibility index (Phi) is 8.42. The van der Waals surface area contributed by atoms with Crippen molar-refractivity contribution in [3.05, 3.63) is 35.6 Å². The van der Waals surface area contributed by atoms with E-state index in [4.69, 9.17) is 0 Å². The van der Waals surface area contributed by atoms with Gasteiger partial charge in [0.25, 0.3) is 0 Å². The second-order valence-electron chi connectivity index (χ2n) is 8.24. The van der Waals surface area contributed by atoms with Crippen molar-refractivity contribution in [2.75, 3.05) is 33.2 Å². The Hall–Kier alpha value is -1.95.